The van der Waals surface area contributed by atoms with E-state index >= 15 is 0 Å². The molecule has 1 N–H and O–H groups in total. The summed E-state index contributed by atoms with van der Waals surface area (Å²) in [5, 5.41) is 3.18. The van der Waals surface area contributed by atoms with Crippen LogP contribution in [-0.2, 0) is 4.79 Å². The number of carbonyl (C=O) groups excluding carboxylic acids is 1. The van der Waals surface area contributed by atoms with Gasteiger partial charge in [-0.15, -0.1) is 0 Å². The molecule has 104 valence electrons. The zero-order valence-electron chi connectivity index (χ0n) is 11.6. The van der Waals surface area contributed by atoms with Crippen molar-refractivity contribution >= 4 is 23.2 Å². The highest BCUT2D eigenvalue weighted by atomic mass is 35.5. The summed E-state index contributed by atoms with van der Waals surface area (Å²) in [5.74, 6) is -0.249. The molecule has 0 bridgehead atoms. The van der Waals surface area contributed by atoms with Gasteiger partial charge in [0, 0.05) is 6.20 Å². The van der Waals surface area contributed by atoms with E-state index in [2.05, 4.69) is 10.3 Å². The third-order valence-corrected chi connectivity index (χ3v) is 3.46. The largest absolute Gasteiger partial charge is 0.323 e. The normalized spacial score (nSPS) is 11.9. The van der Waals surface area contributed by atoms with Gasteiger partial charge in [0.1, 0.15) is 0 Å². The second kappa shape index (κ2) is 6.53. The summed E-state index contributed by atoms with van der Waals surface area (Å²) in [6.07, 6.45) is 2.40. The monoisotopic (exact) mass is 288 g/mol. The highest BCUT2D eigenvalue weighted by Gasteiger charge is 2.19. The summed E-state index contributed by atoms with van der Waals surface area (Å²) in [7, 11) is 0. The average molecular weight is 289 g/mol. The highest BCUT2D eigenvalue weighted by molar-refractivity contribution is 6.32. The van der Waals surface area contributed by atoms with Crippen LogP contribution in [0.4, 0.5) is 5.69 Å². The molecule has 4 heteroatoms. The molecule has 1 aromatic carbocycles. The predicted molar refractivity (Wildman–Crippen MR) is 82.1 cm³/mol. The highest BCUT2D eigenvalue weighted by Crippen LogP contribution is 2.24. The van der Waals surface area contributed by atoms with Crippen molar-refractivity contribution in [3.05, 3.63) is 58.9 Å². The van der Waals surface area contributed by atoms with Gasteiger partial charge in [0.05, 0.1) is 11.6 Å². The molecular weight excluding hydrogens is 272 g/mol. The Morgan fingerprint density at radius 3 is 2.70 bits per heavy atom. The molecule has 0 radical (unpaired) electrons. The Kier molecular flexibility index (Phi) is 4.74. The van der Waals surface area contributed by atoms with E-state index in [1.165, 1.54) is 0 Å². The molecule has 0 aliphatic carbocycles. The third-order valence-electron chi connectivity index (χ3n) is 3.16. The maximum absolute atomic E-state index is 12.4. The first kappa shape index (κ1) is 14.5. The molecular formula is C16H17ClN2O. The van der Waals surface area contributed by atoms with E-state index in [0.717, 1.165) is 17.5 Å². The molecule has 2 rings (SSSR count). The van der Waals surface area contributed by atoms with Gasteiger partial charge < -0.3 is 5.32 Å². The van der Waals surface area contributed by atoms with Crippen molar-refractivity contribution in [2.75, 3.05) is 5.32 Å². The lowest BCUT2D eigenvalue weighted by Crippen LogP contribution is -2.21. The second-order valence-electron chi connectivity index (χ2n) is 4.71. The van der Waals surface area contributed by atoms with Crippen molar-refractivity contribution in [1.82, 2.24) is 4.98 Å². The lowest BCUT2D eigenvalue weighted by atomic mass is 9.95. The number of aromatic nitrogens is 1. The van der Waals surface area contributed by atoms with Crippen molar-refractivity contribution in [3.8, 4) is 0 Å². The molecule has 0 saturated carbocycles. The van der Waals surface area contributed by atoms with E-state index in [-0.39, 0.29) is 11.8 Å². The van der Waals surface area contributed by atoms with Crippen molar-refractivity contribution in [2.24, 2.45) is 0 Å². The summed E-state index contributed by atoms with van der Waals surface area (Å²) in [4.78, 5) is 16.5. The number of anilines is 1. The molecule has 0 aliphatic rings. The summed E-state index contributed by atoms with van der Waals surface area (Å²) in [6, 6.07) is 11.6. The van der Waals surface area contributed by atoms with E-state index < -0.39 is 0 Å². The maximum atomic E-state index is 12.4. The van der Waals surface area contributed by atoms with Gasteiger partial charge in [-0.25, -0.2) is 4.98 Å². The molecule has 20 heavy (non-hydrogen) atoms. The summed E-state index contributed by atoms with van der Waals surface area (Å²) >= 11 is 6.01. The number of hydrogen-bond acceptors (Lipinski definition) is 2. The Labute approximate surface area is 124 Å². The number of carbonyl (C=O) groups is 1. The minimum absolute atomic E-state index is 0.0620. The Hall–Kier alpha value is -1.87. The van der Waals surface area contributed by atoms with Gasteiger partial charge in [-0.05, 0) is 30.5 Å². The zero-order chi connectivity index (χ0) is 14.5. The number of hydrogen-bond donors (Lipinski definition) is 1. The zero-order valence-corrected chi connectivity index (χ0v) is 12.3. The summed E-state index contributed by atoms with van der Waals surface area (Å²) in [6.45, 7) is 3.90. The average Bonchev–Trinajstić information content (AvgIpc) is 2.45. The van der Waals surface area contributed by atoms with Gasteiger partial charge in [-0.2, -0.15) is 0 Å². The number of rotatable bonds is 4. The molecule has 3 nitrogen and oxygen atoms in total. The first-order valence-electron chi connectivity index (χ1n) is 6.59. The number of amides is 1. The van der Waals surface area contributed by atoms with Crippen LogP contribution < -0.4 is 5.32 Å². The van der Waals surface area contributed by atoms with Crippen molar-refractivity contribution < 1.29 is 4.79 Å². The SMILES string of the molecule is CCC(C(=O)Nc1cc(C)cnc1Cl)c1ccccc1. The Morgan fingerprint density at radius 2 is 2.05 bits per heavy atom. The van der Waals surface area contributed by atoms with Crippen LogP contribution in [0.15, 0.2) is 42.6 Å². The van der Waals surface area contributed by atoms with Crippen LogP contribution in [0.5, 0.6) is 0 Å². The topological polar surface area (TPSA) is 42.0 Å². The molecule has 1 unspecified atom stereocenters. The van der Waals surface area contributed by atoms with E-state index in [1.807, 2.05) is 50.2 Å². The minimum atomic E-state index is -0.187. The van der Waals surface area contributed by atoms with Crippen molar-refractivity contribution in [2.45, 2.75) is 26.2 Å². The van der Waals surface area contributed by atoms with Crippen LogP contribution in [-0.4, -0.2) is 10.9 Å². The van der Waals surface area contributed by atoms with Crippen molar-refractivity contribution in [3.63, 3.8) is 0 Å². The van der Waals surface area contributed by atoms with Gasteiger partial charge in [-0.1, -0.05) is 48.9 Å². The van der Waals surface area contributed by atoms with Crippen LogP contribution in [0.2, 0.25) is 5.15 Å². The number of nitrogens with zero attached hydrogens (tertiary/aromatic N) is 1. The number of halogens is 1. The van der Waals surface area contributed by atoms with E-state index in [4.69, 9.17) is 11.6 Å². The fourth-order valence-corrected chi connectivity index (χ4v) is 2.27. The van der Waals surface area contributed by atoms with E-state index in [0.29, 0.717) is 10.8 Å². The van der Waals surface area contributed by atoms with Crippen LogP contribution in [0, 0.1) is 6.92 Å². The molecule has 1 atom stereocenters. The minimum Gasteiger partial charge on any atom is -0.323 e. The maximum Gasteiger partial charge on any atom is 0.231 e. The molecule has 0 spiro atoms. The number of nitrogens with one attached hydrogen (secondary N) is 1. The first-order valence-corrected chi connectivity index (χ1v) is 6.97. The Balaban J connectivity index is 2.20. The third kappa shape index (κ3) is 3.36. The van der Waals surface area contributed by atoms with Crippen LogP contribution >= 0.6 is 11.6 Å². The number of pyridine rings is 1. The molecule has 2 aromatic rings. The van der Waals surface area contributed by atoms with Gasteiger partial charge in [0.25, 0.3) is 0 Å². The molecule has 1 heterocycles. The van der Waals surface area contributed by atoms with Gasteiger partial charge >= 0.3 is 0 Å². The Morgan fingerprint density at radius 1 is 1.35 bits per heavy atom. The molecule has 1 aromatic heterocycles. The first-order chi connectivity index (χ1) is 9.61. The molecule has 0 saturated heterocycles. The standard InChI is InChI=1S/C16H17ClN2O/c1-3-13(12-7-5-4-6-8-12)16(20)19-14-9-11(2)10-18-15(14)17/h4-10,13H,3H2,1-2H3,(H,19,20). The summed E-state index contributed by atoms with van der Waals surface area (Å²) in [5.41, 5.74) is 2.52. The van der Waals surface area contributed by atoms with Gasteiger partial charge in [0.2, 0.25) is 5.91 Å². The van der Waals surface area contributed by atoms with Crippen LogP contribution in [0.1, 0.15) is 30.4 Å². The second-order valence-corrected chi connectivity index (χ2v) is 5.07. The van der Waals surface area contributed by atoms with Crippen LogP contribution in [0.3, 0.4) is 0 Å². The lowest BCUT2D eigenvalue weighted by molar-refractivity contribution is -0.117. The Bertz CT molecular complexity index is 599. The quantitative estimate of drug-likeness (QED) is 0.858. The van der Waals surface area contributed by atoms with E-state index in [9.17, 15) is 4.79 Å². The molecule has 0 fully saturated rings. The fraction of sp³-hybridized carbons (Fsp3) is 0.250. The van der Waals surface area contributed by atoms with E-state index in [1.54, 1.807) is 6.20 Å². The number of aryl methyl sites for hydroxylation is 1. The predicted octanol–water partition coefficient (Wildman–Crippen LogP) is 4.18. The lowest BCUT2D eigenvalue weighted by Gasteiger charge is -2.16. The molecule has 0 aliphatic heterocycles. The fourth-order valence-electron chi connectivity index (χ4n) is 2.12. The van der Waals surface area contributed by atoms with Crippen molar-refractivity contribution in [1.29, 1.82) is 0 Å². The molecule has 1 amide bonds. The van der Waals surface area contributed by atoms with Crippen LogP contribution in [0.25, 0.3) is 0 Å². The van der Waals surface area contributed by atoms with Gasteiger partial charge in [0.15, 0.2) is 5.15 Å². The smallest absolute Gasteiger partial charge is 0.231 e. The summed E-state index contributed by atoms with van der Waals surface area (Å²) < 4.78 is 0. The number of benzene rings is 1. The van der Waals surface area contributed by atoms with Gasteiger partial charge in [-0.3, -0.25) is 4.79 Å².